The minimum Gasteiger partial charge on any atom is -0.357 e. The number of nitrogens with zero attached hydrogens (tertiary/aromatic N) is 2. The van der Waals surface area contributed by atoms with Gasteiger partial charge in [0.05, 0.1) is 11.4 Å². The number of benzene rings is 1. The average molecular weight is 555 g/mol. The summed E-state index contributed by atoms with van der Waals surface area (Å²) in [5, 5.41) is 6.61. The quantitative estimate of drug-likeness (QED) is 0.200. The van der Waals surface area contributed by atoms with Crippen molar-refractivity contribution in [1.29, 1.82) is 0 Å². The van der Waals surface area contributed by atoms with E-state index in [2.05, 4.69) is 21.9 Å². The minimum absolute atomic E-state index is 0. The topological polar surface area (TPSA) is 73.8 Å². The summed E-state index contributed by atoms with van der Waals surface area (Å²) in [6.07, 6.45) is 7.45. The highest BCUT2D eigenvalue weighted by Crippen LogP contribution is 2.21. The number of piperidine rings is 1. The van der Waals surface area contributed by atoms with E-state index in [0.29, 0.717) is 24.5 Å². The van der Waals surface area contributed by atoms with E-state index in [0.717, 1.165) is 50.3 Å². The molecule has 0 unspecified atom stereocenters. The fourth-order valence-electron chi connectivity index (χ4n) is 3.11. The van der Waals surface area contributed by atoms with E-state index in [9.17, 15) is 8.42 Å². The summed E-state index contributed by atoms with van der Waals surface area (Å²) in [5.74, 6) is 1.99. The maximum atomic E-state index is 12.7. The maximum absolute atomic E-state index is 12.7. The van der Waals surface area contributed by atoms with E-state index in [4.69, 9.17) is 0 Å². The molecule has 1 aliphatic rings. The van der Waals surface area contributed by atoms with Gasteiger partial charge in [-0.1, -0.05) is 18.6 Å². The highest BCUT2D eigenvalue weighted by Gasteiger charge is 2.25. The van der Waals surface area contributed by atoms with Gasteiger partial charge < -0.3 is 10.6 Å². The molecule has 0 aliphatic carbocycles. The van der Waals surface area contributed by atoms with Crippen molar-refractivity contribution in [3.05, 3.63) is 29.8 Å². The molecule has 0 saturated carbocycles. The Morgan fingerprint density at radius 1 is 1.10 bits per heavy atom. The largest absolute Gasteiger partial charge is 0.357 e. The molecule has 2 rings (SSSR count). The van der Waals surface area contributed by atoms with Crippen molar-refractivity contribution < 1.29 is 8.42 Å². The maximum Gasteiger partial charge on any atom is 0.243 e. The number of unbranched alkanes of at least 4 members (excludes halogenated alkanes) is 1. The van der Waals surface area contributed by atoms with Gasteiger partial charge in [-0.05, 0) is 62.3 Å². The third-order valence-electron chi connectivity index (χ3n) is 4.71. The van der Waals surface area contributed by atoms with E-state index < -0.39 is 10.0 Å². The number of hydrogen-bond acceptors (Lipinski definition) is 4. The van der Waals surface area contributed by atoms with Crippen LogP contribution in [0.2, 0.25) is 0 Å². The van der Waals surface area contributed by atoms with Crippen LogP contribution in [0.4, 0.5) is 0 Å². The third kappa shape index (κ3) is 9.02. The molecule has 1 saturated heterocycles. The monoisotopic (exact) mass is 554 g/mol. The van der Waals surface area contributed by atoms with Crippen LogP contribution in [-0.2, 0) is 16.6 Å². The van der Waals surface area contributed by atoms with Gasteiger partial charge in [-0.15, -0.1) is 24.0 Å². The molecule has 1 aliphatic heterocycles. The third-order valence-corrected chi connectivity index (χ3v) is 7.32. The molecule has 29 heavy (non-hydrogen) atoms. The lowest BCUT2D eigenvalue weighted by molar-refractivity contribution is 0.346. The van der Waals surface area contributed by atoms with Crippen molar-refractivity contribution in [3.63, 3.8) is 0 Å². The lowest BCUT2D eigenvalue weighted by Crippen LogP contribution is -2.37. The molecule has 9 heteroatoms. The molecule has 0 spiro atoms. The van der Waals surface area contributed by atoms with E-state index >= 15 is 0 Å². The van der Waals surface area contributed by atoms with Crippen LogP contribution in [0.25, 0.3) is 0 Å². The molecular weight excluding hydrogens is 519 g/mol. The second-order valence-corrected chi connectivity index (χ2v) is 9.85. The number of hydrogen-bond donors (Lipinski definition) is 2. The summed E-state index contributed by atoms with van der Waals surface area (Å²) in [6.45, 7) is 5.53. The Balaban J connectivity index is 0.00000420. The Morgan fingerprint density at radius 2 is 1.79 bits per heavy atom. The molecule has 2 N–H and O–H groups in total. The highest BCUT2D eigenvalue weighted by atomic mass is 127. The van der Waals surface area contributed by atoms with Crippen LogP contribution in [0.3, 0.4) is 0 Å². The number of guanidine groups is 1. The highest BCUT2D eigenvalue weighted by molar-refractivity contribution is 14.0. The fourth-order valence-corrected chi connectivity index (χ4v) is 5.12. The standard InChI is InChI=1S/C20H34N4O2S2.HI/c1-3-21-20(22-13-5-8-16-27-2)23-17-18-9-11-19(12-10-18)28(25,26)24-14-6-4-7-15-24;/h9-12H,3-8,13-17H2,1-2H3,(H2,21,22,23);1H. The molecule has 0 atom stereocenters. The van der Waals surface area contributed by atoms with Crippen molar-refractivity contribution in [2.75, 3.05) is 38.2 Å². The normalized spacial score (nSPS) is 15.6. The van der Waals surface area contributed by atoms with Crippen LogP contribution in [0.15, 0.2) is 34.2 Å². The van der Waals surface area contributed by atoms with Gasteiger partial charge in [-0.3, -0.25) is 0 Å². The van der Waals surface area contributed by atoms with Crippen LogP contribution >= 0.6 is 35.7 Å². The Bertz CT molecular complexity index is 706. The van der Waals surface area contributed by atoms with E-state index in [1.54, 1.807) is 16.4 Å². The molecule has 0 bridgehead atoms. The van der Waals surface area contributed by atoms with Gasteiger partial charge in [0.15, 0.2) is 5.96 Å². The van der Waals surface area contributed by atoms with Crippen LogP contribution in [-0.4, -0.2) is 56.9 Å². The molecule has 1 aromatic rings. The first-order valence-corrected chi connectivity index (χ1v) is 13.0. The van der Waals surface area contributed by atoms with Crippen molar-refractivity contribution in [2.24, 2.45) is 4.99 Å². The number of halogens is 1. The Morgan fingerprint density at radius 3 is 2.41 bits per heavy atom. The second kappa shape index (κ2) is 14.5. The lowest BCUT2D eigenvalue weighted by Gasteiger charge is -2.25. The summed E-state index contributed by atoms with van der Waals surface area (Å²) in [6, 6.07) is 7.14. The van der Waals surface area contributed by atoms with E-state index in [-0.39, 0.29) is 24.0 Å². The molecule has 6 nitrogen and oxygen atoms in total. The van der Waals surface area contributed by atoms with Gasteiger partial charge in [-0.25, -0.2) is 13.4 Å². The molecule has 1 fully saturated rings. The smallest absolute Gasteiger partial charge is 0.243 e. The van der Waals surface area contributed by atoms with Crippen molar-refractivity contribution >= 4 is 51.7 Å². The van der Waals surface area contributed by atoms with Gasteiger partial charge in [-0.2, -0.15) is 16.1 Å². The molecule has 0 aromatic heterocycles. The number of rotatable bonds is 10. The Kier molecular flexibility index (Phi) is 13.2. The van der Waals surface area contributed by atoms with Crippen LogP contribution in [0.5, 0.6) is 0 Å². The number of nitrogens with one attached hydrogen (secondary N) is 2. The minimum atomic E-state index is -3.37. The zero-order valence-corrected chi connectivity index (χ0v) is 21.5. The summed E-state index contributed by atoms with van der Waals surface area (Å²) >= 11 is 1.87. The second-order valence-electron chi connectivity index (χ2n) is 6.93. The zero-order valence-electron chi connectivity index (χ0n) is 17.5. The molecular formula is C20H35IN4O2S2. The fraction of sp³-hybridized carbons (Fsp3) is 0.650. The van der Waals surface area contributed by atoms with Crippen molar-refractivity contribution in [1.82, 2.24) is 14.9 Å². The van der Waals surface area contributed by atoms with Gasteiger partial charge >= 0.3 is 0 Å². The first-order chi connectivity index (χ1) is 13.6. The number of thioether (sulfide) groups is 1. The zero-order chi connectivity index (χ0) is 20.2. The molecule has 0 radical (unpaired) electrons. The molecule has 1 heterocycles. The SMILES string of the molecule is CCNC(=NCc1ccc(S(=O)(=O)N2CCCCC2)cc1)NCCCCSC.I. The van der Waals surface area contributed by atoms with Crippen LogP contribution in [0.1, 0.15) is 44.6 Å². The summed E-state index contributed by atoms with van der Waals surface area (Å²) in [7, 11) is -3.37. The van der Waals surface area contributed by atoms with Crippen molar-refractivity contribution in [2.45, 2.75) is 50.5 Å². The van der Waals surface area contributed by atoms with E-state index in [1.807, 2.05) is 30.8 Å². The predicted molar refractivity (Wildman–Crippen MR) is 135 cm³/mol. The Hall–Kier alpha value is -0.520. The van der Waals surface area contributed by atoms with Gasteiger partial charge in [0.25, 0.3) is 0 Å². The van der Waals surface area contributed by atoms with Gasteiger partial charge in [0, 0.05) is 26.2 Å². The first kappa shape index (κ1) is 26.5. The molecule has 1 aromatic carbocycles. The van der Waals surface area contributed by atoms with Gasteiger partial charge in [0.2, 0.25) is 10.0 Å². The molecule has 0 amide bonds. The Labute approximate surface area is 197 Å². The lowest BCUT2D eigenvalue weighted by atomic mass is 10.2. The molecule has 166 valence electrons. The van der Waals surface area contributed by atoms with Crippen molar-refractivity contribution in [3.8, 4) is 0 Å². The van der Waals surface area contributed by atoms with Crippen LogP contribution in [0, 0.1) is 0 Å². The number of aliphatic imine (C=N–C) groups is 1. The first-order valence-electron chi connectivity index (χ1n) is 10.2. The van der Waals surface area contributed by atoms with Gasteiger partial charge in [0.1, 0.15) is 0 Å². The number of sulfonamides is 1. The summed E-state index contributed by atoms with van der Waals surface area (Å²) < 4.78 is 27.0. The van der Waals surface area contributed by atoms with E-state index in [1.165, 1.54) is 12.2 Å². The average Bonchev–Trinajstić information content (AvgIpc) is 2.72. The van der Waals surface area contributed by atoms with Crippen LogP contribution < -0.4 is 10.6 Å². The predicted octanol–water partition coefficient (Wildman–Crippen LogP) is 3.68. The summed E-state index contributed by atoms with van der Waals surface area (Å²) in [5.41, 5.74) is 0.997. The summed E-state index contributed by atoms with van der Waals surface area (Å²) in [4.78, 5) is 4.99.